The van der Waals surface area contributed by atoms with E-state index in [-0.39, 0.29) is 18.3 Å². The molecule has 1 amide bonds. The molecular weight excluding hydrogens is 478 g/mol. The molecule has 0 fully saturated rings. The van der Waals surface area contributed by atoms with Gasteiger partial charge in [-0.1, -0.05) is 27.3 Å². The van der Waals surface area contributed by atoms with E-state index in [4.69, 9.17) is 4.98 Å². The second kappa shape index (κ2) is 10.6. The molecule has 0 aliphatic carbocycles. The number of nitrogens with zero attached hydrogens (tertiary/aromatic N) is 3. The van der Waals surface area contributed by atoms with Crippen LogP contribution in [0.5, 0.6) is 0 Å². The van der Waals surface area contributed by atoms with Crippen molar-refractivity contribution in [3.63, 3.8) is 0 Å². The van der Waals surface area contributed by atoms with Gasteiger partial charge in [-0.25, -0.2) is 4.98 Å². The summed E-state index contributed by atoms with van der Waals surface area (Å²) in [5.41, 5.74) is 1.61. The Hall–Kier alpha value is -1.12. The molecule has 0 unspecified atom stereocenters. The van der Waals surface area contributed by atoms with E-state index < -0.39 is 0 Å². The highest BCUT2D eigenvalue weighted by atomic mass is 79.9. The quantitative estimate of drug-likeness (QED) is 0.384. The van der Waals surface area contributed by atoms with E-state index in [0.717, 1.165) is 37.7 Å². The van der Waals surface area contributed by atoms with Crippen molar-refractivity contribution in [2.24, 2.45) is 0 Å². The van der Waals surface area contributed by atoms with Crippen molar-refractivity contribution < 1.29 is 4.79 Å². The predicted molar refractivity (Wildman–Crippen MR) is 128 cm³/mol. The molecule has 0 atom stereocenters. The van der Waals surface area contributed by atoms with Gasteiger partial charge in [-0.2, -0.15) is 0 Å². The van der Waals surface area contributed by atoms with E-state index in [2.05, 4.69) is 20.8 Å². The summed E-state index contributed by atoms with van der Waals surface area (Å²) in [5, 5.41) is 0.751. The molecule has 0 saturated heterocycles. The molecule has 0 spiro atoms. The summed E-state index contributed by atoms with van der Waals surface area (Å²) in [6.45, 7) is 1.56. The second-order valence-electron chi connectivity index (χ2n) is 6.45. The Bertz CT molecular complexity index is 931. The van der Waals surface area contributed by atoms with Crippen LogP contribution in [0.25, 0.3) is 10.2 Å². The van der Waals surface area contributed by atoms with Crippen molar-refractivity contribution in [2.75, 3.05) is 38.3 Å². The zero-order valence-corrected chi connectivity index (χ0v) is 20.1. The Morgan fingerprint density at radius 2 is 1.86 bits per heavy atom. The van der Waals surface area contributed by atoms with E-state index in [1.54, 1.807) is 23.1 Å². The number of hydrogen-bond donors (Lipinski definition) is 0. The van der Waals surface area contributed by atoms with Crippen LogP contribution < -0.4 is 4.90 Å². The highest BCUT2D eigenvalue weighted by molar-refractivity contribution is 9.10. The molecule has 0 N–H and O–H groups in total. The van der Waals surface area contributed by atoms with Crippen molar-refractivity contribution in [1.82, 2.24) is 9.88 Å². The zero-order chi connectivity index (χ0) is 19.4. The Labute approximate surface area is 188 Å². The lowest BCUT2D eigenvalue weighted by Gasteiger charge is -2.21. The molecule has 3 rings (SSSR count). The van der Waals surface area contributed by atoms with Crippen molar-refractivity contribution in [3.05, 3.63) is 52.5 Å². The summed E-state index contributed by atoms with van der Waals surface area (Å²) in [4.78, 5) is 23.0. The first kappa shape index (κ1) is 23.2. The minimum atomic E-state index is -0.000434. The van der Waals surface area contributed by atoms with Crippen LogP contribution in [0.15, 0.2) is 51.8 Å². The third kappa shape index (κ3) is 5.70. The van der Waals surface area contributed by atoms with Gasteiger partial charge in [-0.15, -0.1) is 24.2 Å². The Morgan fingerprint density at radius 3 is 2.50 bits per heavy atom. The van der Waals surface area contributed by atoms with Gasteiger partial charge in [-0.05, 0) is 75.8 Å². The number of carbonyl (C=O) groups is 1. The van der Waals surface area contributed by atoms with E-state index >= 15 is 0 Å². The zero-order valence-electron chi connectivity index (χ0n) is 16.0. The summed E-state index contributed by atoms with van der Waals surface area (Å²) in [5.74, 6) is -0.000434. The summed E-state index contributed by atoms with van der Waals surface area (Å²) in [6, 6.07) is 13.8. The van der Waals surface area contributed by atoms with Gasteiger partial charge in [0, 0.05) is 21.5 Å². The molecule has 150 valence electrons. The average Bonchev–Trinajstić information content (AvgIpc) is 3.07. The van der Waals surface area contributed by atoms with Crippen LogP contribution in [0.3, 0.4) is 0 Å². The number of halogens is 2. The number of amides is 1. The third-order valence-electron chi connectivity index (χ3n) is 4.14. The predicted octanol–water partition coefficient (Wildman–Crippen LogP) is 5.80. The number of fused-ring (bicyclic) bond motifs is 1. The first-order chi connectivity index (χ1) is 13.0. The maximum absolute atomic E-state index is 13.2. The van der Waals surface area contributed by atoms with Crippen molar-refractivity contribution >= 4 is 72.7 Å². The van der Waals surface area contributed by atoms with E-state index in [9.17, 15) is 4.79 Å². The second-order valence-corrected chi connectivity index (χ2v) is 9.26. The highest BCUT2D eigenvalue weighted by Gasteiger charge is 2.21. The monoisotopic (exact) mass is 499 g/mol. The Balaban J connectivity index is 0.00000280. The van der Waals surface area contributed by atoms with Crippen molar-refractivity contribution in [3.8, 4) is 0 Å². The topological polar surface area (TPSA) is 36.4 Å². The van der Waals surface area contributed by atoms with E-state index in [1.807, 2.05) is 67.7 Å². The van der Waals surface area contributed by atoms with Crippen LogP contribution in [-0.4, -0.2) is 49.2 Å². The minimum Gasteiger partial charge on any atom is -0.309 e. The number of thioether (sulfide) groups is 1. The molecule has 0 aliphatic heterocycles. The Kier molecular flexibility index (Phi) is 8.77. The van der Waals surface area contributed by atoms with Crippen molar-refractivity contribution in [2.45, 2.75) is 11.3 Å². The SMILES string of the molecule is CSc1ccc(C(=O)N(CCCN(C)C)c2nc3ccc(Br)cc3s2)cc1.Cl. The molecule has 2 aromatic carbocycles. The van der Waals surface area contributed by atoms with Gasteiger partial charge in [-0.3, -0.25) is 9.69 Å². The van der Waals surface area contributed by atoms with E-state index in [0.29, 0.717) is 12.1 Å². The maximum Gasteiger partial charge on any atom is 0.260 e. The van der Waals surface area contributed by atoms with Crippen LogP contribution in [-0.2, 0) is 0 Å². The fourth-order valence-electron chi connectivity index (χ4n) is 2.72. The van der Waals surface area contributed by atoms with Crippen LogP contribution >= 0.6 is 51.4 Å². The molecule has 1 heterocycles. The van der Waals surface area contributed by atoms with Gasteiger partial charge in [0.2, 0.25) is 0 Å². The van der Waals surface area contributed by atoms with Gasteiger partial charge < -0.3 is 4.90 Å². The van der Waals surface area contributed by atoms with Gasteiger partial charge in [0.05, 0.1) is 10.2 Å². The Morgan fingerprint density at radius 1 is 1.14 bits per heavy atom. The molecule has 0 saturated carbocycles. The van der Waals surface area contributed by atoms with Crippen LogP contribution in [0.1, 0.15) is 16.8 Å². The molecule has 8 heteroatoms. The fourth-order valence-corrected chi connectivity index (χ4v) is 4.67. The lowest BCUT2D eigenvalue weighted by molar-refractivity contribution is 0.0986. The first-order valence-corrected chi connectivity index (χ1v) is 11.5. The summed E-state index contributed by atoms with van der Waals surface area (Å²) >= 11 is 6.73. The molecular formula is C20H23BrClN3OS2. The molecule has 4 nitrogen and oxygen atoms in total. The van der Waals surface area contributed by atoms with Crippen LogP contribution in [0.2, 0.25) is 0 Å². The molecule has 0 radical (unpaired) electrons. The summed E-state index contributed by atoms with van der Waals surface area (Å²) < 4.78 is 2.09. The summed E-state index contributed by atoms with van der Waals surface area (Å²) in [6.07, 6.45) is 2.92. The average molecular weight is 501 g/mol. The lowest BCUT2D eigenvalue weighted by Crippen LogP contribution is -2.33. The molecule has 1 aromatic heterocycles. The number of hydrogen-bond acceptors (Lipinski definition) is 5. The van der Waals surface area contributed by atoms with Gasteiger partial charge in [0.15, 0.2) is 5.13 Å². The van der Waals surface area contributed by atoms with E-state index in [1.165, 1.54) is 0 Å². The summed E-state index contributed by atoms with van der Waals surface area (Å²) in [7, 11) is 4.09. The number of aromatic nitrogens is 1. The largest absolute Gasteiger partial charge is 0.309 e. The number of anilines is 1. The molecule has 0 bridgehead atoms. The highest BCUT2D eigenvalue weighted by Crippen LogP contribution is 2.32. The smallest absolute Gasteiger partial charge is 0.260 e. The normalized spacial score (nSPS) is 10.9. The number of carbonyl (C=O) groups excluding carboxylic acids is 1. The van der Waals surface area contributed by atoms with Crippen LogP contribution in [0, 0.1) is 0 Å². The van der Waals surface area contributed by atoms with Gasteiger partial charge in [0.1, 0.15) is 0 Å². The first-order valence-electron chi connectivity index (χ1n) is 8.64. The molecule has 28 heavy (non-hydrogen) atoms. The lowest BCUT2D eigenvalue weighted by atomic mass is 10.2. The van der Waals surface area contributed by atoms with Crippen LogP contribution in [0.4, 0.5) is 5.13 Å². The van der Waals surface area contributed by atoms with Gasteiger partial charge in [0.25, 0.3) is 5.91 Å². The third-order valence-corrected chi connectivity index (χ3v) is 6.42. The maximum atomic E-state index is 13.2. The number of benzene rings is 2. The minimum absolute atomic E-state index is 0. The number of thiazole rings is 1. The van der Waals surface area contributed by atoms with Crippen molar-refractivity contribution in [1.29, 1.82) is 0 Å². The fraction of sp³-hybridized carbons (Fsp3) is 0.300. The number of rotatable bonds is 7. The molecule has 0 aliphatic rings. The van der Waals surface area contributed by atoms with Gasteiger partial charge >= 0.3 is 0 Å². The molecule has 3 aromatic rings. The standard InChI is InChI=1S/C20H22BrN3OS2.ClH/c1-23(2)11-4-12-24(19(25)14-5-8-16(26-3)9-6-14)20-22-17-10-7-15(21)13-18(17)27-20;/h5-10,13H,4,11-12H2,1-3H3;1H.